The molecular formula is C34H43N3O4S. The van der Waals surface area contributed by atoms with Gasteiger partial charge in [0.25, 0.3) is 0 Å². The Bertz CT molecular complexity index is 1450. The normalized spacial score (nSPS) is 14.4. The van der Waals surface area contributed by atoms with Crippen molar-refractivity contribution in [2.24, 2.45) is 0 Å². The zero-order valence-corrected chi connectivity index (χ0v) is 25.8. The Balaban J connectivity index is 1.59. The van der Waals surface area contributed by atoms with Crippen LogP contribution in [0.4, 0.5) is 5.69 Å². The number of nitrogens with zero attached hydrogens (tertiary/aromatic N) is 2. The maximum Gasteiger partial charge on any atom is 0.243 e. The topological polar surface area (TPSA) is 86.8 Å². The van der Waals surface area contributed by atoms with Gasteiger partial charge in [0.2, 0.25) is 21.8 Å². The third-order valence-electron chi connectivity index (χ3n) is 8.02. The van der Waals surface area contributed by atoms with Crippen molar-refractivity contribution in [1.82, 2.24) is 10.2 Å². The van der Waals surface area contributed by atoms with Crippen molar-refractivity contribution in [3.8, 4) is 0 Å². The van der Waals surface area contributed by atoms with Crippen LogP contribution in [0.2, 0.25) is 0 Å². The van der Waals surface area contributed by atoms with E-state index in [0.717, 1.165) is 47.9 Å². The van der Waals surface area contributed by atoms with Gasteiger partial charge in [-0.25, -0.2) is 8.42 Å². The fourth-order valence-corrected chi connectivity index (χ4v) is 6.64. The highest BCUT2D eigenvalue weighted by molar-refractivity contribution is 7.92. The first-order chi connectivity index (χ1) is 20.1. The van der Waals surface area contributed by atoms with Gasteiger partial charge >= 0.3 is 0 Å². The summed E-state index contributed by atoms with van der Waals surface area (Å²) in [5, 5.41) is 3.24. The summed E-state index contributed by atoms with van der Waals surface area (Å²) in [6.07, 6.45) is 6.13. The van der Waals surface area contributed by atoms with Crippen molar-refractivity contribution in [1.29, 1.82) is 0 Å². The number of hydrogen-bond acceptors (Lipinski definition) is 4. The van der Waals surface area contributed by atoms with Crippen LogP contribution < -0.4 is 9.62 Å². The van der Waals surface area contributed by atoms with Crippen molar-refractivity contribution in [2.45, 2.75) is 77.4 Å². The summed E-state index contributed by atoms with van der Waals surface area (Å²) in [6, 6.07) is 24.5. The molecule has 0 radical (unpaired) electrons. The van der Waals surface area contributed by atoms with Crippen LogP contribution in [0.25, 0.3) is 0 Å². The molecule has 1 aliphatic carbocycles. The number of amides is 2. The molecule has 0 spiro atoms. The maximum absolute atomic E-state index is 14.0. The first kappa shape index (κ1) is 31.3. The number of rotatable bonds is 13. The molecule has 1 atom stereocenters. The van der Waals surface area contributed by atoms with Crippen LogP contribution in [0.5, 0.6) is 0 Å². The summed E-state index contributed by atoms with van der Waals surface area (Å²) < 4.78 is 26.7. The molecule has 1 aliphatic rings. The van der Waals surface area contributed by atoms with Crippen LogP contribution in [0, 0.1) is 13.8 Å². The average Bonchev–Trinajstić information content (AvgIpc) is 3.46. The maximum atomic E-state index is 14.0. The lowest BCUT2D eigenvalue weighted by Crippen LogP contribution is -2.52. The molecule has 1 saturated carbocycles. The van der Waals surface area contributed by atoms with Gasteiger partial charge in [-0.3, -0.25) is 13.9 Å². The van der Waals surface area contributed by atoms with E-state index >= 15 is 0 Å². The number of hydrogen-bond donors (Lipinski definition) is 1. The van der Waals surface area contributed by atoms with Crippen LogP contribution in [0.3, 0.4) is 0 Å². The second-order valence-electron chi connectivity index (χ2n) is 11.4. The van der Waals surface area contributed by atoms with Crippen LogP contribution in [-0.4, -0.2) is 50.0 Å². The van der Waals surface area contributed by atoms with E-state index in [4.69, 9.17) is 0 Å². The molecule has 1 N–H and O–H groups in total. The van der Waals surface area contributed by atoms with E-state index in [9.17, 15) is 18.0 Å². The summed E-state index contributed by atoms with van der Waals surface area (Å²) in [5.41, 5.74) is 4.55. The predicted molar refractivity (Wildman–Crippen MR) is 169 cm³/mol. The lowest BCUT2D eigenvalue weighted by Gasteiger charge is -2.33. The third-order valence-corrected chi connectivity index (χ3v) is 9.21. The lowest BCUT2D eigenvalue weighted by molar-refractivity contribution is -0.141. The van der Waals surface area contributed by atoms with Crippen molar-refractivity contribution < 1.29 is 18.0 Å². The molecule has 0 heterocycles. The Morgan fingerprint density at radius 2 is 1.62 bits per heavy atom. The SMILES string of the molecule is Cc1cccc(N(CCCC(=O)N(Cc2ccccc2C)[C@@H](Cc2ccccc2)C(=O)NC2CCCC2)S(C)(=O)=O)c1. The Morgan fingerprint density at radius 3 is 2.29 bits per heavy atom. The Kier molecular flexibility index (Phi) is 10.8. The largest absolute Gasteiger partial charge is 0.352 e. The fraction of sp³-hybridized carbons (Fsp3) is 0.412. The fourth-order valence-electron chi connectivity index (χ4n) is 5.68. The van der Waals surface area contributed by atoms with E-state index in [1.165, 1.54) is 10.6 Å². The average molecular weight is 590 g/mol. The van der Waals surface area contributed by atoms with Crippen molar-refractivity contribution in [3.63, 3.8) is 0 Å². The van der Waals surface area contributed by atoms with Crippen LogP contribution in [0.1, 0.15) is 60.8 Å². The summed E-state index contributed by atoms with van der Waals surface area (Å²) in [4.78, 5) is 29.6. The van der Waals surface area contributed by atoms with Crippen molar-refractivity contribution in [3.05, 3.63) is 101 Å². The van der Waals surface area contributed by atoms with Gasteiger partial charge in [-0.2, -0.15) is 0 Å². The minimum Gasteiger partial charge on any atom is -0.352 e. The number of benzene rings is 3. The van der Waals surface area contributed by atoms with Crippen molar-refractivity contribution in [2.75, 3.05) is 17.1 Å². The Hall–Kier alpha value is -3.65. The molecule has 7 nitrogen and oxygen atoms in total. The first-order valence-corrected chi connectivity index (χ1v) is 16.7. The van der Waals surface area contributed by atoms with Gasteiger partial charge in [0.05, 0.1) is 11.9 Å². The highest BCUT2D eigenvalue weighted by atomic mass is 32.2. The zero-order valence-electron chi connectivity index (χ0n) is 25.0. The second kappa shape index (κ2) is 14.5. The number of sulfonamides is 1. The predicted octanol–water partition coefficient (Wildman–Crippen LogP) is 5.55. The first-order valence-electron chi connectivity index (χ1n) is 14.8. The summed E-state index contributed by atoms with van der Waals surface area (Å²) in [6.45, 7) is 4.40. The number of nitrogens with one attached hydrogen (secondary N) is 1. The Labute approximate surface area is 251 Å². The zero-order chi connectivity index (χ0) is 30.1. The standard InChI is InChI=1S/C34H43N3O4S/c1-26-13-11-20-31(23-26)37(42(3,40)41)22-12-21-33(38)36(25-29-17-8-7-14-27(29)2)32(24-28-15-5-4-6-16-28)34(39)35-30-18-9-10-19-30/h4-8,11,13-17,20,23,30,32H,9-10,12,18-19,21-22,24-25H2,1-3H3,(H,35,39)/t32-/m0/s1. The van der Waals surface area contributed by atoms with E-state index in [1.807, 2.05) is 86.6 Å². The van der Waals surface area contributed by atoms with Crippen LogP contribution in [-0.2, 0) is 32.6 Å². The van der Waals surface area contributed by atoms with Crippen LogP contribution in [0.15, 0.2) is 78.9 Å². The number of carbonyl (C=O) groups is 2. The smallest absolute Gasteiger partial charge is 0.243 e. The Morgan fingerprint density at radius 1 is 0.929 bits per heavy atom. The molecule has 0 aromatic heterocycles. The van der Waals surface area contributed by atoms with Gasteiger partial charge in [-0.1, -0.05) is 79.6 Å². The van der Waals surface area contributed by atoms with Crippen LogP contribution >= 0.6 is 0 Å². The molecule has 3 aromatic carbocycles. The molecule has 42 heavy (non-hydrogen) atoms. The van der Waals surface area contributed by atoms with E-state index in [0.29, 0.717) is 25.1 Å². The molecule has 0 unspecified atom stereocenters. The number of anilines is 1. The second-order valence-corrected chi connectivity index (χ2v) is 13.3. The molecule has 0 aliphatic heterocycles. The molecule has 2 amide bonds. The van der Waals surface area contributed by atoms with Gasteiger partial charge in [0, 0.05) is 32.0 Å². The lowest BCUT2D eigenvalue weighted by atomic mass is 10.0. The molecule has 8 heteroatoms. The van der Waals surface area contributed by atoms with Gasteiger partial charge in [-0.05, 0) is 67.5 Å². The van der Waals surface area contributed by atoms with Gasteiger partial charge < -0.3 is 10.2 Å². The molecule has 3 aromatic rings. The highest BCUT2D eigenvalue weighted by Crippen LogP contribution is 2.23. The van der Waals surface area contributed by atoms with E-state index in [1.54, 1.807) is 11.0 Å². The summed E-state index contributed by atoms with van der Waals surface area (Å²) >= 11 is 0. The molecule has 224 valence electrons. The number of carbonyl (C=O) groups excluding carboxylic acids is 2. The quantitative estimate of drug-likeness (QED) is 0.283. The highest BCUT2D eigenvalue weighted by Gasteiger charge is 2.32. The third kappa shape index (κ3) is 8.68. The molecular weight excluding hydrogens is 546 g/mol. The summed E-state index contributed by atoms with van der Waals surface area (Å²) in [5.74, 6) is -0.302. The minimum absolute atomic E-state index is 0.117. The molecule has 4 rings (SSSR count). The van der Waals surface area contributed by atoms with E-state index in [-0.39, 0.29) is 30.8 Å². The minimum atomic E-state index is -3.55. The van der Waals surface area contributed by atoms with E-state index in [2.05, 4.69) is 5.32 Å². The van der Waals surface area contributed by atoms with Gasteiger partial charge in [0.1, 0.15) is 6.04 Å². The molecule has 0 saturated heterocycles. The monoisotopic (exact) mass is 589 g/mol. The van der Waals surface area contributed by atoms with Crippen molar-refractivity contribution >= 4 is 27.5 Å². The number of aryl methyl sites for hydroxylation is 2. The van der Waals surface area contributed by atoms with E-state index < -0.39 is 16.1 Å². The summed E-state index contributed by atoms with van der Waals surface area (Å²) in [7, 11) is -3.55. The van der Waals surface area contributed by atoms with Gasteiger partial charge in [0.15, 0.2) is 0 Å². The van der Waals surface area contributed by atoms with Gasteiger partial charge in [-0.15, -0.1) is 0 Å². The molecule has 1 fully saturated rings. The molecule has 0 bridgehead atoms.